The Morgan fingerprint density at radius 1 is 1.21 bits per heavy atom. The topological polar surface area (TPSA) is 118 Å². The zero-order chi connectivity index (χ0) is 30.8. The normalized spacial score (nSPS) is 15.8. The molecule has 1 unspecified atom stereocenters. The maximum absolute atomic E-state index is 14.2. The predicted octanol–water partition coefficient (Wildman–Crippen LogP) is 5.45. The lowest BCUT2D eigenvalue weighted by Gasteiger charge is -2.30. The molecule has 0 aliphatic carbocycles. The van der Waals surface area contributed by atoms with Gasteiger partial charge in [-0.05, 0) is 68.8 Å². The second kappa shape index (κ2) is 12.6. The summed E-state index contributed by atoms with van der Waals surface area (Å²) in [6.07, 6.45) is -0.477. The van der Waals surface area contributed by atoms with Crippen LogP contribution in [-0.2, 0) is 16.1 Å². The Morgan fingerprint density at radius 3 is 2.62 bits per heavy atom. The lowest BCUT2D eigenvalue weighted by molar-refractivity contribution is -0.121. The molecule has 1 heterocycles. The van der Waals surface area contributed by atoms with Gasteiger partial charge in [0.1, 0.15) is 29.6 Å². The number of likely N-dealkylation sites (N-methyl/N-ethyl adjacent to an activating group) is 1. The summed E-state index contributed by atoms with van der Waals surface area (Å²) in [4.78, 5) is 41.8. The smallest absolute Gasteiger partial charge is 0.410 e. The first-order valence-corrected chi connectivity index (χ1v) is 14.3. The number of carbonyl (C=O) groups is 3. The van der Waals surface area contributed by atoms with Crippen LogP contribution < -0.4 is 19.7 Å². The van der Waals surface area contributed by atoms with E-state index in [-0.39, 0.29) is 43.0 Å². The molecule has 0 bridgehead atoms. The molecule has 224 valence electrons. The largest absolute Gasteiger partial charge is 0.496 e. The molecule has 3 aromatic rings. The number of benzene rings is 3. The minimum atomic E-state index is -1.16. The first-order chi connectivity index (χ1) is 19.8. The number of fused-ring (bicyclic) bond motifs is 2. The lowest BCUT2D eigenvalue weighted by Crippen LogP contribution is -2.52. The molecular weight excluding hydrogens is 606 g/mol. The summed E-state index contributed by atoms with van der Waals surface area (Å²) < 4.78 is 18.1. The van der Waals surface area contributed by atoms with Gasteiger partial charge in [0.25, 0.3) is 0 Å². The first-order valence-electron chi connectivity index (χ1n) is 13.6. The molecule has 0 saturated carbocycles. The summed E-state index contributed by atoms with van der Waals surface area (Å²) in [6.45, 7) is 7.49. The number of carboxylic acid groups (broad SMARTS) is 1. The Hall–Kier alpha value is -3.83. The Balaban J connectivity index is 1.69. The van der Waals surface area contributed by atoms with Crippen LogP contribution in [0.4, 0.5) is 10.5 Å². The molecule has 2 atom stereocenters. The Labute approximate surface area is 253 Å². The van der Waals surface area contributed by atoms with Gasteiger partial charge in [-0.2, -0.15) is 0 Å². The Kier molecular flexibility index (Phi) is 9.32. The summed E-state index contributed by atoms with van der Waals surface area (Å²) in [5, 5.41) is 15.0. The predicted molar refractivity (Wildman–Crippen MR) is 164 cm³/mol. The number of nitrogens with one attached hydrogen (secondary N) is 1. The molecule has 0 fully saturated rings. The van der Waals surface area contributed by atoms with Crippen LogP contribution in [0.2, 0.25) is 0 Å². The van der Waals surface area contributed by atoms with Crippen molar-refractivity contribution in [3.8, 4) is 11.5 Å². The number of nitrogens with zero attached hydrogens (tertiary/aromatic N) is 2. The number of para-hydroxylation sites is 1. The molecule has 42 heavy (non-hydrogen) atoms. The number of aromatic carboxylic acids is 1. The fraction of sp³-hybridized carbons (Fsp3) is 0.387. The van der Waals surface area contributed by atoms with E-state index in [2.05, 4.69) is 21.2 Å². The number of methoxy groups -OCH3 is 1. The first kappa shape index (κ1) is 31.1. The molecule has 3 aromatic carbocycles. The van der Waals surface area contributed by atoms with Gasteiger partial charge in [0.15, 0.2) is 5.75 Å². The molecular formula is C31H36BrN3O7. The highest BCUT2D eigenvalue weighted by Gasteiger charge is 2.35. The van der Waals surface area contributed by atoms with Crippen LogP contribution in [0.3, 0.4) is 0 Å². The summed E-state index contributed by atoms with van der Waals surface area (Å²) in [5.74, 6) is -0.759. The SMILES string of the molecule is COc1ccc2cc(Br)ccc2c1CN1C(=O)C(NC[C@H](C)N(C)C(=O)OC(C)(C)C)COc2c(C(=O)O)cccc21. The van der Waals surface area contributed by atoms with Crippen molar-refractivity contribution in [3.63, 3.8) is 0 Å². The average Bonchev–Trinajstić information content (AvgIpc) is 3.06. The van der Waals surface area contributed by atoms with Gasteiger partial charge < -0.3 is 34.4 Å². The number of amides is 2. The third-order valence-corrected chi connectivity index (χ3v) is 7.56. The number of hydrogen-bond acceptors (Lipinski definition) is 7. The van der Waals surface area contributed by atoms with Crippen molar-refractivity contribution in [2.45, 2.75) is 51.9 Å². The van der Waals surface area contributed by atoms with E-state index in [1.807, 2.05) is 37.3 Å². The van der Waals surface area contributed by atoms with Crippen LogP contribution in [0, 0.1) is 0 Å². The summed E-state index contributed by atoms with van der Waals surface area (Å²) >= 11 is 3.52. The highest BCUT2D eigenvalue weighted by Crippen LogP contribution is 2.38. The van der Waals surface area contributed by atoms with Gasteiger partial charge in [0.2, 0.25) is 5.91 Å². The monoisotopic (exact) mass is 641 g/mol. The molecule has 1 aliphatic heterocycles. The van der Waals surface area contributed by atoms with E-state index < -0.39 is 23.7 Å². The summed E-state index contributed by atoms with van der Waals surface area (Å²) in [6, 6.07) is 13.2. The van der Waals surface area contributed by atoms with E-state index >= 15 is 0 Å². The third kappa shape index (κ3) is 6.79. The zero-order valence-corrected chi connectivity index (χ0v) is 26.1. The van der Waals surface area contributed by atoms with Gasteiger partial charge in [-0.3, -0.25) is 4.79 Å². The third-order valence-electron chi connectivity index (χ3n) is 7.06. The number of anilines is 1. The zero-order valence-electron chi connectivity index (χ0n) is 24.6. The van der Waals surface area contributed by atoms with Crippen LogP contribution in [0.1, 0.15) is 43.6 Å². The minimum absolute atomic E-state index is 0.0437. The van der Waals surface area contributed by atoms with Crippen molar-refractivity contribution in [1.29, 1.82) is 0 Å². The van der Waals surface area contributed by atoms with Crippen LogP contribution >= 0.6 is 15.9 Å². The molecule has 1 aliphatic rings. The standard InChI is InChI=1S/C31H36BrN3O7/c1-18(34(5)30(39)42-31(2,3)4)15-33-24-17-41-27-22(29(37)38)8-7-9-25(27)35(28(24)36)16-23-21-12-11-20(32)14-19(21)10-13-26(23)40-6/h7-14,18,24,33H,15-17H2,1-6H3,(H,37,38)/t18-,24?/m0/s1. The number of ether oxygens (including phenoxy) is 3. The van der Waals surface area contributed by atoms with E-state index in [9.17, 15) is 19.5 Å². The van der Waals surface area contributed by atoms with E-state index in [1.54, 1.807) is 47.1 Å². The molecule has 0 aromatic heterocycles. The minimum Gasteiger partial charge on any atom is -0.496 e. The molecule has 10 nitrogen and oxygen atoms in total. The number of carbonyl (C=O) groups excluding carboxylic acids is 2. The molecule has 4 rings (SSSR count). The van der Waals surface area contributed by atoms with Gasteiger partial charge in [0.05, 0.1) is 19.3 Å². The van der Waals surface area contributed by atoms with Gasteiger partial charge in [-0.25, -0.2) is 9.59 Å². The van der Waals surface area contributed by atoms with Crippen LogP contribution in [0.15, 0.2) is 53.0 Å². The van der Waals surface area contributed by atoms with Gasteiger partial charge >= 0.3 is 12.1 Å². The molecule has 0 saturated heterocycles. The van der Waals surface area contributed by atoms with Crippen LogP contribution in [0.25, 0.3) is 10.8 Å². The highest BCUT2D eigenvalue weighted by atomic mass is 79.9. The van der Waals surface area contributed by atoms with Crippen LogP contribution in [0.5, 0.6) is 11.5 Å². The second-order valence-electron chi connectivity index (χ2n) is 11.2. The molecule has 2 N–H and O–H groups in total. The molecule has 0 radical (unpaired) electrons. The lowest BCUT2D eigenvalue weighted by atomic mass is 10.0. The van der Waals surface area contributed by atoms with Crippen molar-refractivity contribution in [3.05, 3.63) is 64.1 Å². The Morgan fingerprint density at radius 2 is 1.95 bits per heavy atom. The van der Waals surface area contributed by atoms with Gasteiger partial charge in [0, 0.05) is 29.7 Å². The fourth-order valence-corrected chi connectivity index (χ4v) is 5.11. The van der Waals surface area contributed by atoms with Crippen molar-refractivity contribution in [1.82, 2.24) is 10.2 Å². The van der Waals surface area contributed by atoms with Crippen molar-refractivity contribution >= 4 is 50.4 Å². The van der Waals surface area contributed by atoms with E-state index in [0.29, 0.717) is 11.4 Å². The van der Waals surface area contributed by atoms with Crippen molar-refractivity contribution in [2.24, 2.45) is 0 Å². The summed E-state index contributed by atoms with van der Waals surface area (Å²) in [5.41, 5.74) is 0.425. The number of rotatable bonds is 8. The van der Waals surface area contributed by atoms with Gasteiger partial charge in [-0.1, -0.05) is 34.1 Å². The molecule has 11 heteroatoms. The fourth-order valence-electron chi connectivity index (χ4n) is 4.73. The summed E-state index contributed by atoms with van der Waals surface area (Å²) in [7, 11) is 3.21. The number of halogens is 1. The van der Waals surface area contributed by atoms with E-state index in [4.69, 9.17) is 14.2 Å². The Bertz CT molecular complexity index is 1500. The van der Waals surface area contributed by atoms with E-state index in [1.165, 1.54) is 15.9 Å². The number of hydrogen-bond donors (Lipinski definition) is 2. The second-order valence-corrected chi connectivity index (χ2v) is 12.1. The number of carboxylic acids is 1. The maximum Gasteiger partial charge on any atom is 0.410 e. The molecule has 2 amide bonds. The van der Waals surface area contributed by atoms with Crippen LogP contribution in [-0.4, -0.2) is 73.0 Å². The maximum atomic E-state index is 14.2. The van der Waals surface area contributed by atoms with E-state index in [0.717, 1.165) is 20.8 Å². The van der Waals surface area contributed by atoms with Crippen molar-refractivity contribution in [2.75, 3.05) is 32.2 Å². The highest BCUT2D eigenvalue weighted by molar-refractivity contribution is 9.10. The average molecular weight is 643 g/mol. The van der Waals surface area contributed by atoms with Gasteiger partial charge in [-0.15, -0.1) is 0 Å². The quantitative estimate of drug-likeness (QED) is 0.333. The van der Waals surface area contributed by atoms with Crippen molar-refractivity contribution < 1.29 is 33.7 Å². The molecule has 0 spiro atoms.